The van der Waals surface area contributed by atoms with Gasteiger partial charge in [0.05, 0.1) is 5.69 Å². The van der Waals surface area contributed by atoms with E-state index in [1.807, 2.05) is 55.5 Å². The summed E-state index contributed by atoms with van der Waals surface area (Å²) in [7, 11) is -3.84. The smallest absolute Gasteiger partial charge is 0.287 e. The molecule has 8 heteroatoms. The maximum Gasteiger partial charge on any atom is 0.287 e. The van der Waals surface area contributed by atoms with Gasteiger partial charge in [-0.3, -0.25) is 0 Å². The highest BCUT2D eigenvalue weighted by atomic mass is 35.5. The maximum atomic E-state index is 12.8. The van der Waals surface area contributed by atoms with E-state index in [4.69, 9.17) is 23.2 Å². The average Bonchev–Trinajstić information content (AvgIpc) is 2.69. The van der Waals surface area contributed by atoms with Gasteiger partial charge in [-0.15, -0.1) is 4.40 Å². The summed E-state index contributed by atoms with van der Waals surface area (Å²) in [4.78, 5) is 0.144. The number of benzene rings is 3. The van der Waals surface area contributed by atoms with Gasteiger partial charge in [0.25, 0.3) is 10.0 Å². The Morgan fingerprint density at radius 3 is 2.47 bits per heavy atom. The minimum absolute atomic E-state index is 0.144. The van der Waals surface area contributed by atoms with E-state index >= 15 is 0 Å². The van der Waals surface area contributed by atoms with Crippen molar-refractivity contribution in [2.75, 3.05) is 5.32 Å². The summed E-state index contributed by atoms with van der Waals surface area (Å²) in [6.45, 7) is 2.29. The molecule has 0 unspecified atom stereocenters. The van der Waals surface area contributed by atoms with Crippen molar-refractivity contribution in [3.63, 3.8) is 0 Å². The number of sulfonamides is 1. The van der Waals surface area contributed by atoms with Gasteiger partial charge in [0, 0.05) is 23.0 Å². The number of aryl methyl sites for hydroxylation is 1. The van der Waals surface area contributed by atoms with Gasteiger partial charge in [0.1, 0.15) is 4.90 Å². The van der Waals surface area contributed by atoms with Gasteiger partial charge < -0.3 is 10.6 Å². The Kier molecular flexibility index (Phi) is 5.73. The molecule has 4 rings (SSSR count). The van der Waals surface area contributed by atoms with E-state index in [9.17, 15) is 8.42 Å². The molecule has 0 radical (unpaired) electrons. The van der Waals surface area contributed by atoms with Crippen LogP contribution in [-0.2, 0) is 23.0 Å². The van der Waals surface area contributed by atoms with Gasteiger partial charge in [-0.05, 0) is 47.4 Å². The summed E-state index contributed by atoms with van der Waals surface area (Å²) in [6, 6.07) is 18.4. The lowest BCUT2D eigenvalue weighted by atomic mass is 10.0. The highest BCUT2D eigenvalue weighted by Gasteiger charge is 2.27. The zero-order chi connectivity index (χ0) is 21.3. The first kappa shape index (κ1) is 20.7. The molecule has 0 bridgehead atoms. The molecule has 0 aliphatic carbocycles. The summed E-state index contributed by atoms with van der Waals surface area (Å²) in [5, 5.41) is 7.43. The molecule has 5 nitrogen and oxygen atoms in total. The standard InChI is InChI=1S/C22H19Cl2N3O2S/c1-14-9-10-17(19(24)11-14)13-25-22-26-21-16(12-15-5-2-3-7-18(15)23)6-4-8-20(21)30(28,29)27-22/h2-11H,12-13H2,1H3,(H2,25,26,27). The molecule has 154 valence electrons. The van der Waals surface area contributed by atoms with Crippen molar-refractivity contribution in [2.45, 2.75) is 24.8 Å². The molecule has 2 N–H and O–H groups in total. The third kappa shape index (κ3) is 4.31. The molecule has 0 atom stereocenters. The third-order valence-electron chi connectivity index (χ3n) is 4.84. The van der Waals surface area contributed by atoms with Crippen LogP contribution in [0.15, 0.2) is 70.0 Å². The van der Waals surface area contributed by atoms with Gasteiger partial charge in [0.2, 0.25) is 5.96 Å². The summed E-state index contributed by atoms with van der Waals surface area (Å²) < 4.78 is 29.4. The van der Waals surface area contributed by atoms with Gasteiger partial charge in [0.15, 0.2) is 0 Å². The molecular formula is C22H19Cl2N3O2S. The Morgan fingerprint density at radius 2 is 1.70 bits per heavy atom. The molecule has 1 aliphatic rings. The molecule has 3 aromatic carbocycles. The summed E-state index contributed by atoms with van der Waals surface area (Å²) in [6.07, 6.45) is 0.489. The molecular weight excluding hydrogens is 441 g/mol. The number of para-hydroxylation sites is 1. The van der Waals surface area contributed by atoms with Crippen LogP contribution in [0, 0.1) is 6.92 Å². The van der Waals surface area contributed by atoms with Crippen molar-refractivity contribution in [3.8, 4) is 0 Å². The molecule has 3 aromatic rings. The Morgan fingerprint density at radius 1 is 0.933 bits per heavy atom. The van der Waals surface area contributed by atoms with Gasteiger partial charge >= 0.3 is 0 Å². The number of hydrogen-bond acceptors (Lipinski definition) is 4. The fourth-order valence-electron chi connectivity index (χ4n) is 3.29. The summed E-state index contributed by atoms with van der Waals surface area (Å²) in [5.74, 6) is 0.158. The second-order valence-corrected chi connectivity index (χ2v) is 9.43. The van der Waals surface area contributed by atoms with Crippen LogP contribution in [-0.4, -0.2) is 14.4 Å². The lowest BCUT2D eigenvalue weighted by Crippen LogP contribution is -2.34. The predicted molar refractivity (Wildman–Crippen MR) is 122 cm³/mol. The second-order valence-electron chi connectivity index (χ2n) is 7.05. The first-order chi connectivity index (χ1) is 14.3. The number of fused-ring (bicyclic) bond motifs is 1. The predicted octanol–water partition coefficient (Wildman–Crippen LogP) is 5.15. The van der Waals surface area contributed by atoms with E-state index in [1.165, 1.54) is 0 Å². The van der Waals surface area contributed by atoms with E-state index in [-0.39, 0.29) is 10.9 Å². The second kappa shape index (κ2) is 8.30. The van der Waals surface area contributed by atoms with Crippen LogP contribution in [0.25, 0.3) is 0 Å². The lowest BCUT2D eigenvalue weighted by Gasteiger charge is -2.22. The zero-order valence-electron chi connectivity index (χ0n) is 16.1. The average molecular weight is 460 g/mol. The first-order valence-corrected chi connectivity index (χ1v) is 11.5. The monoisotopic (exact) mass is 459 g/mol. The number of halogens is 2. The SMILES string of the molecule is Cc1ccc(CNC2=NS(=O)(=O)c3cccc(Cc4ccccc4Cl)c3N2)c(Cl)c1. The van der Waals surface area contributed by atoms with E-state index in [0.29, 0.717) is 28.7 Å². The van der Waals surface area contributed by atoms with Gasteiger partial charge in [-0.25, -0.2) is 0 Å². The van der Waals surface area contributed by atoms with Crippen LogP contribution in [0.5, 0.6) is 0 Å². The van der Waals surface area contributed by atoms with E-state index in [0.717, 1.165) is 22.3 Å². The van der Waals surface area contributed by atoms with Crippen LogP contribution < -0.4 is 10.6 Å². The Hall–Kier alpha value is -2.54. The van der Waals surface area contributed by atoms with Crippen LogP contribution in [0.1, 0.15) is 22.3 Å². The molecule has 1 aliphatic heterocycles. The van der Waals surface area contributed by atoms with E-state index in [1.54, 1.807) is 12.1 Å². The summed E-state index contributed by atoms with van der Waals surface area (Å²) >= 11 is 12.6. The van der Waals surface area contributed by atoms with Crippen LogP contribution >= 0.6 is 23.2 Å². The fraction of sp³-hybridized carbons (Fsp3) is 0.136. The molecule has 0 spiro atoms. The van der Waals surface area contributed by atoms with Crippen molar-refractivity contribution in [2.24, 2.45) is 4.40 Å². The highest BCUT2D eigenvalue weighted by molar-refractivity contribution is 7.90. The highest BCUT2D eigenvalue weighted by Crippen LogP contribution is 2.32. The Bertz CT molecular complexity index is 1260. The molecule has 0 saturated carbocycles. The van der Waals surface area contributed by atoms with Crippen molar-refractivity contribution in [1.82, 2.24) is 5.32 Å². The number of nitrogens with zero attached hydrogens (tertiary/aromatic N) is 1. The van der Waals surface area contributed by atoms with E-state index in [2.05, 4.69) is 15.0 Å². The Labute approximate surface area is 185 Å². The zero-order valence-corrected chi connectivity index (χ0v) is 18.4. The number of anilines is 1. The van der Waals surface area contributed by atoms with Crippen LogP contribution in [0.3, 0.4) is 0 Å². The molecule has 30 heavy (non-hydrogen) atoms. The minimum Gasteiger partial charge on any atom is -0.351 e. The molecule has 0 saturated heterocycles. The molecule has 0 fully saturated rings. The topological polar surface area (TPSA) is 70.6 Å². The molecule has 0 amide bonds. The normalized spacial score (nSPS) is 14.4. The van der Waals surface area contributed by atoms with Crippen molar-refractivity contribution >= 4 is 44.9 Å². The van der Waals surface area contributed by atoms with Crippen LogP contribution in [0.2, 0.25) is 10.0 Å². The lowest BCUT2D eigenvalue weighted by molar-refractivity contribution is 0.597. The van der Waals surface area contributed by atoms with Crippen molar-refractivity contribution in [1.29, 1.82) is 0 Å². The van der Waals surface area contributed by atoms with Gasteiger partial charge in [-0.1, -0.05) is 65.7 Å². The number of hydrogen-bond donors (Lipinski definition) is 2. The number of rotatable bonds is 4. The van der Waals surface area contributed by atoms with Crippen molar-refractivity contribution < 1.29 is 8.42 Å². The van der Waals surface area contributed by atoms with Crippen molar-refractivity contribution in [3.05, 3.63) is 93.0 Å². The van der Waals surface area contributed by atoms with Gasteiger partial charge in [-0.2, -0.15) is 8.42 Å². The number of guanidine groups is 1. The minimum atomic E-state index is -3.84. The molecule has 0 aromatic heterocycles. The maximum absolute atomic E-state index is 12.8. The third-order valence-corrected chi connectivity index (χ3v) is 6.88. The summed E-state index contributed by atoms with van der Waals surface area (Å²) in [5.41, 5.74) is 4.13. The first-order valence-electron chi connectivity index (χ1n) is 9.30. The number of nitrogens with one attached hydrogen (secondary N) is 2. The van der Waals surface area contributed by atoms with E-state index < -0.39 is 10.0 Å². The Balaban J connectivity index is 1.62. The van der Waals surface area contributed by atoms with Crippen LogP contribution in [0.4, 0.5) is 5.69 Å². The fourth-order valence-corrected chi connectivity index (χ4v) is 4.93. The quantitative estimate of drug-likeness (QED) is 0.565. The largest absolute Gasteiger partial charge is 0.351 e. The molecule has 1 heterocycles.